The highest BCUT2D eigenvalue weighted by atomic mass is 16.5. The molecular weight excluding hydrogens is 192 g/mol. The minimum atomic E-state index is 0.446. The summed E-state index contributed by atoms with van der Waals surface area (Å²) in [6, 6.07) is 0.446. The molecule has 82 valence electrons. The second kappa shape index (κ2) is 4.02. The van der Waals surface area contributed by atoms with Gasteiger partial charge in [0.25, 0.3) is 0 Å². The second-order valence-corrected chi connectivity index (χ2v) is 3.78. The van der Waals surface area contributed by atoms with Gasteiger partial charge in [-0.15, -0.1) is 0 Å². The van der Waals surface area contributed by atoms with Crippen LogP contribution in [0.25, 0.3) is 0 Å². The molecule has 0 spiro atoms. The molecule has 5 heteroatoms. The lowest BCUT2D eigenvalue weighted by atomic mass is 10.1. The first-order chi connectivity index (χ1) is 7.22. The summed E-state index contributed by atoms with van der Waals surface area (Å²) in [6.45, 7) is 1.79. The molecule has 0 bridgehead atoms. The Morgan fingerprint density at radius 3 is 2.80 bits per heavy atom. The first-order valence-corrected chi connectivity index (χ1v) is 5.04. The fourth-order valence-corrected chi connectivity index (χ4v) is 1.78. The van der Waals surface area contributed by atoms with E-state index in [2.05, 4.69) is 15.3 Å². The molecule has 1 aliphatic rings. The summed E-state index contributed by atoms with van der Waals surface area (Å²) >= 11 is 0. The Balaban J connectivity index is 2.50. The van der Waals surface area contributed by atoms with Crippen LogP contribution in [0.3, 0.4) is 0 Å². The zero-order chi connectivity index (χ0) is 10.8. The van der Waals surface area contributed by atoms with Crippen molar-refractivity contribution in [1.82, 2.24) is 15.3 Å². The average Bonchev–Trinajstić information content (AvgIpc) is 2.27. The van der Waals surface area contributed by atoms with Crippen molar-refractivity contribution in [3.8, 4) is 6.01 Å². The summed E-state index contributed by atoms with van der Waals surface area (Å²) in [4.78, 5) is 10.7. The number of anilines is 1. The minimum absolute atomic E-state index is 0.446. The van der Waals surface area contributed by atoms with Gasteiger partial charge in [-0.1, -0.05) is 0 Å². The normalized spacial score (nSPS) is 14.6. The van der Waals surface area contributed by atoms with E-state index < -0.39 is 0 Å². The number of nitrogens with zero attached hydrogens (tertiary/aromatic N) is 3. The topological polar surface area (TPSA) is 50.3 Å². The zero-order valence-electron chi connectivity index (χ0n) is 9.37. The van der Waals surface area contributed by atoms with Crippen molar-refractivity contribution < 1.29 is 4.74 Å². The number of rotatable bonds is 2. The molecule has 0 radical (unpaired) electrons. The third kappa shape index (κ3) is 1.87. The van der Waals surface area contributed by atoms with Crippen molar-refractivity contribution in [3.05, 3.63) is 11.3 Å². The predicted octanol–water partition coefficient (Wildman–Crippen LogP) is 0.197. The fraction of sp³-hybridized carbons (Fsp3) is 0.600. The first-order valence-electron chi connectivity index (χ1n) is 5.04. The Labute approximate surface area is 89.5 Å². The molecule has 0 saturated carbocycles. The lowest BCUT2D eigenvalue weighted by Gasteiger charge is -2.22. The molecule has 2 heterocycles. The van der Waals surface area contributed by atoms with Crippen LogP contribution in [0.4, 0.5) is 5.82 Å². The van der Waals surface area contributed by atoms with Crippen LogP contribution in [-0.2, 0) is 13.0 Å². The van der Waals surface area contributed by atoms with Gasteiger partial charge in [-0.2, -0.15) is 9.97 Å². The molecule has 5 nitrogen and oxygen atoms in total. The number of fused-ring (bicyclic) bond motifs is 1. The molecule has 0 aromatic carbocycles. The molecule has 0 saturated heterocycles. The monoisotopic (exact) mass is 208 g/mol. The van der Waals surface area contributed by atoms with E-state index in [1.165, 1.54) is 5.56 Å². The SMILES string of the molecule is COc1nc2c(c(N(C)C)n1)CCNC2. The van der Waals surface area contributed by atoms with Crippen LogP contribution in [0, 0.1) is 0 Å². The maximum absolute atomic E-state index is 5.09. The van der Waals surface area contributed by atoms with Crippen molar-refractivity contribution in [3.63, 3.8) is 0 Å². The standard InChI is InChI=1S/C10H16N4O/c1-14(2)9-7-4-5-11-6-8(7)12-10(13-9)15-3/h11H,4-6H2,1-3H3. The van der Waals surface area contributed by atoms with Crippen molar-refractivity contribution in [2.24, 2.45) is 0 Å². The number of methoxy groups -OCH3 is 1. The van der Waals surface area contributed by atoms with E-state index in [4.69, 9.17) is 4.74 Å². The molecular formula is C10H16N4O. The number of hydrogen-bond acceptors (Lipinski definition) is 5. The fourth-order valence-electron chi connectivity index (χ4n) is 1.78. The molecule has 2 rings (SSSR count). The smallest absolute Gasteiger partial charge is 0.318 e. The Morgan fingerprint density at radius 1 is 1.33 bits per heavy atom. The van der Waals surface area contributed by atoms with E-state index in [1.54, 1.807) is 7.11 Å². The van der Waals surface area contributed by atoms with Crippen molar-refractivity contribution in [2.45, 2.75) is 13.0 Å². The van der Waals surface area contributed by atoms with Gasteiger partial charge in [-0.05, 0) is 13.0 Å². The van der Waals surface area contributed by atoms with Gasteiger partial charge in [0.15, 0.2) is 0 Å². The third-order valence-electron chi connectivity index (χ3n) is 2.50. The predicted molar refractivity (Wildman–Crippen MR) is 58.3 cm³/mol. The van der Waals surface area contributed by atoms with E-state index in [1.807, 2.05) is 19.0 Å². The number of nitrogens with one attached hydrogen (secondary N) is 1. The van der Waals surface area contributed by atoms with Crippen LogP contribution in [0.15, 0.2) is 0 Å². The molecule has 0 aliphatic carbocycles. The average molecular weight is 208 g/mol. The molecule has 0 fully saturated rings. The van der Waals surface area contributed by atoms with E-state index in [0.717, 1.165) is 31.0 Å². The molecule has 1 N–H and O–H groups in total. The van der Waals surface area contributed by atoms with E-state index in [-0.39, 0.29) is 0 Å². The van der Waals surface area contributed by atoms with E-state index in [0.29, 0.717) is 6.01 Å². The van der Waals surface area contributed by atoms with Crippen LogP contribution in [-0.4, -0.2) is 37.7 Å². The van der Waals surface area contributed by atoms with Gasteiger partial charge in [0.05, 0.1) is 12.8 Å². The first kappa shape index (κ1) is 10.2. The van der Waals surface area contributed by atoms with Gasteiger partial charge >= 0.3 is 6.01 Å². The lowest BCUT2D eigenvalue weighted by Crippen LogP contribution is -2.28. The van der Waals surface area contributed by atoms with Crippen LogP contribution >= 0.6 is 0 Å². The summed E-state index contributed by atoms with van der Waals surface area (Å²) in [6.07, 6.45) is 0.979. The van der Waals surface area contributed by atoms with Crippen molar-refractivity contribution in [1.29, 1.82) is 0 Å². The summed E-state index contributed by atoms with van der Waals surface area (Å²) in [5.41, 5.74) is 2.29. The van der Waals surface area contributed by atoms with Gasteiger partial charge in [-0.3, -0.25) is 0 Å². The highest BCUT2D eigenvalue weighted by Crippen LogP contribution is 2.24. The van der Waals surface area contributed by atoms with Crippen LogP contribution in [0.5, 0.6) is 6.01 Å². The summed E-state index contributed by atoms with van der Waals surface area (Å²) in [5.74, 6) is 0.971. The molecule has 0 unspecified atom stereocenters. The van der Waals surface area contributed by atoms with Gasteiger partial charge in [0.2, 0.25) is 0 Å². The quantitative estimate of drug-likeness (QED) is 0.752. The lowest BCUT2D eigenvalue weighted by molar-refractivity contribution is 0.376. The van der Waals surface area contributed by atoms with Gasteiger partial charge in [0.1, 0.15) is 5.82 Å². The van der Waals surface area contributed by atoms with E-state index >= 15 is 0 Å². The number of aromatic nitrogens is 2. The molecule has 15 heavy (non-hydrogen) atoms. The highest BCUT2D eigenvalue weighted by Gasteiger charge is 2.18. The maximum atomic E-state index is 5.09. The summed E-state index contributed by atoms with van der Waals surface area (Å²) in [5, 5.41) is 3.29. The van der Waals surface area contributed by atoms with Gasteiger partial charge in [0, 0.05) is 26.2 Å². The summed E-state index contributed by atoms with van der Waals surface area (Å²) in [7, 11) is 5.57. The number of ether oxygens (including phenoxy) is 1. The molecule has 1 aromatic heterocycles. The van der Waals surface area contributed by atoms with Gasteiger partial charge in [-0.25, -0.2) is 0 Å². The van der Waals surface area contributed by atoms with E-state index in [9.17, 15) is 0 Å². The Kier molecular flexibility index (Phi) is 2.73. The molecule has 1 aliphatic heterocycles. The Bertz CT molecular complexity index is 365. The Morgan fingerprint density at radius 2 is 2.13 bits per heavy atom. The zero-order valence-corrected chi connectivity index (χ0v) is 9.37. The molecule has 1 aromatic rings. The van der Waals surface area contributed by atoms with Crippen LogP contribution in [0.2, 0.25) is 0 Å². The van der Waals surface area contributed by atoms with Gasteiger partial charge < -0.3 is 15.0 Å². The van der Waals surface area contributed by atoms with Crippen LogP contribution in [0.1, 0.15) is 11.3 Å². The highest BCUT2D eigenvalue weighted by molar-refractivity contribution is 5.49. The van der Waals surface area contributed by atoms with Crippen molar-refractivity contribution in [2.75, 3.05) is 32.6 Å². The Hall–Kier alpha value is -1.36. The van der Waals surface area contributed by atoms with Crippen molar-refractivity contribution >= 4 is 5.82 Å². The number of hydrogen-bond donors (Lipinski definition) is 1. The molecule has 0 amide bonds. The third-order valence-corrected chi connectivity index (χ3v) is 2.50. The summed E-state index contributed by atoms with van der Waals surface area (Å²) < 4.78 is 5.09. The largest absolute Gasteiger partial charge is 0.467 e. The maximum Gasteiger partial charge on any atom is 0.318 e. The minimum Gasteiger partial charge on any atom is -0.467 e. The molecule has 0 atom stereocenters. The van der Waals surface area contributed by atoms with Crippen LogP contribution < -0.4 is 15.0 Å². The second-order valence-electron chi connectivity index (χ2n) is 3.78.